The highest BCUT2D eigenvalue weighted by molar-refractivity contribution is 6.03. The normalized spacial score (nSPS) is 19.6. The molecule has 1 aliphatic rings. The number of amidine groups is 1. The van der Waals surface area contributed by atoms with Crippen molar-refractivity contribution in [2.75, 3.05) is 0 Å². The fraction of sp³-hybridized carbons (Fsp3) is 0.333. The zero-order valence-electron chi connectivity index (χ0n) is 10.1. The first-order chi connectivity index (χ1) is 8.41. The van der Waals surface area contributed by atoms with Crippen LogP contribution < -0.4 is 5.73 Å². The van der Waals surface area contributed by atoms with Crippen LogP contribution in [-0.2, 0) is 0 Å². The predicted molar refractivity (Wildman–Crippen MR) is 64.8 cm³/mol. The van der Waals surface area contributed by atoms with Gasteiger partial charge in [-0.1, -0.05) is 6.07 Å². The summed E-state index contributed by atoms with van der Waals surface area (Å²) in [5.74, 6) is -1.04. The molecule has 2 amide bonds. The molecular formula is C12H14FN3O2. The Morgan fingerprint density at radius 1 is 1.50 bits per heavy atom. The zero-order chi connectivity index (χ0) is 13.4. The van der Waals surface area contributed by atoms with Crippen LogP contribution in [0.3, 0.4) is 0 Å². The average molecular weight is 251 g/mol. The molecule has 0 aromatic heterocycles. The summed E-state index contributed by atoms with van der Waals surface area (Å²) < 4.78 is 13.4. The van der Waals surface area contributed by atoms with Gasteiger partial charge in [0.1, 0.15) is 11.9 Å². The Morgan fingerprint density at radius 3 is 2.72 bits per heavy atom. The lowest BCUT2D eigenvalue weighted by atomic mass is 10.0. The van der Waals surface area contributed by atoms with Gasteiger partial charge in [-0.2, -0.15) is 4.99 Å². The third-order valence-corrected chi connectivity index (χ3v) is 2.85. The molecule has 0 saturated carbocycles. The molecule has 1 atom stereocenters. The number of phenols is 1. The van der Waals surface area contributed by atoms with E-state index in [4.69, 9.17) is 10.8 Å². The molecule has 0 bridgehead atoms. The second kappa shape index (κ2) is 4.29. The van der Waals surface area contributed by atoms with Crippen LogP contribution in [0.5, 0.6) is 5.75 Å². The van der Waals surface area contributed by atoms with Crippen molar-refractivity contribution in [1.82, 2.24) is 4.90 Å². The molecule has 0 aliphatic carbocycles. The lowest BCUT2D eigenvalue weighted by molar-refractivity contribution is 0.190. The van der Waals surface area contributed by atoms with Crippen molar-refractivity contribution >= 4 is 11.9 Å². The van der Waals surface area contributed by atoms with E-state index in [0.29, 0.717) is 5.56 Å². The van der Waals surface area contributed by atoms with Crippen LogP contribution in [0.15, 0.2) is 23.2 Å². The van der Waals surface area contributed by atoms with Crippen LogP contribution in [0, 0.1) is 5.82 Å². The van der Waals surface area contributed by atoms with Crippen LogP contribution in [0.25, 0.3) is 0 Å². The van der Waals surface area contributed by atoms with Crippen LogP contribution >= 0.6 is 0 Å². The van der Waals surface area contributed by atoms with Crippen molar-refractivity contribution in [3.05, 3.63) is 29.6 Å². The highest BCUT2D eigenvalue weighted by Crippen LogP contribution is 2.30. The number of rotatable bonds is 2. The summed E-state index contributed by atoms with van der Waals surface area (Å²) in [7, 11) is 0. The number of aliphatic imine (C=N–C) groups is 1. The summed E-state index contributed by atoms with van der Waals surface area (Å²) in [6, 6.07) is 2.81. The molecule has 96 valence electrons. The maximum Gasteiger partial charge on any atom is 0.346 e. The Labute approximate surface area is 104 Å². The summed E-state index contributed by atoms with van der Waals surface area (Å²) in [6.07, 6.45) is 0. The number of carbonyl (C=O) groups excluding carboxylic acids is 1. The van der Waals surface area contributed by atoms with Gasteiger partial charge in [0.05, 0.1) is 0 Å². The molecule has 5 nitrogen and oxygen atoms in total. The van der Waals surface area contributed by atoms with Gasteiger partial charge in [-0.15, -0.1) is 0 Å². The zero-order valence-corrected chi connectivity index (χ0v) is 10.1. The fourth-order valence-corrected chi connectivity index (χ4v) is 2.03. The Hall–Kier alpha value is -2.11. The maximum atomic E-state index is 13.4. The number of nitrogens with zero attached hydrogens (tertiary/aromatic N) is 2. The highest BCUT2D eigenvalue weighted by atomic mass is 19.1. The number of hydrogen-bond donors (Lipinski definition) is 2. The minimum Gasteiger partial charge on any atom is -0.505 e. The van der Waals surface area contributed by atoms with Gasteiger partial charge in [-0.25, -0.2) is 9.18 Å². The van der Waals surface area contributed by atoms with Crippen LogP contribution in [0.2, 0.25) is 0 Å². The van der Waals surface area contributed by atoms with Crippen LogP contribution in [0.1, 0.15) is 25.5 Å². The van der Waals surface area contributed by atoms with E-state index in [2.05, 4.69) is 4.99 Å². The van der Waals surface area contributed by atoms with Crippen molar-refractivity contribution in [2.45, 2.75) is 25.9 Å². The minimum atomic E-state index is -0.747. The lowest BCUT2D eigenvalue weighted by Crippen LogP contribution is -2.38. The second-order valence-corrected chi connectivity index (χ2v) is 4.43. The number of nitrogens with two attached hydrogens (primary N) is 1. The molecular weight excluding hydrogens is 237 g/mol. The molecule has 1 heterocycles. The largest absolute Gasteiger partial charge is 0.505 e. The molecule has 1 aliphatic heterocycles. The number of halogens is 1. The Morgan fingerprint density at radius 2 is 2.17 bits per heavy atom. The number of benzene rings is 1. The average Bonchev–Trinajstić information content (AvgIpc) is 2.57. The fourth-order valence-electron chi connectivity index (χ4n) is 2.03. The number of phenolic OH excluding ortho intramolecular Hbond substituents is 1. The molecule has 1 aromatic rings. The first kappa shape index (κ1) is 12.3. The molecule has 18 heavy (non-hydrogen) atoms. The van der Waals surface area contributed by atoms with Gasteiger partial charge in [-0.05, 0) is 31.5 Å². The van der Waals surface area contributed by atoms with E-state index in [1.54, 1.807) is 0 Å². The van der Waals surface area contributed by atoms with Crippen molar-refractivity contribution in [3.63, 3.8) is 0 Å². The number of carbonyl (C=O) groups is 1. The first-order valence-corrected chi connectivity index (χ1v) is 5.56. The molecule has 3 N–H and O–H groups in total. The van der Waals surface area contributed by atoms with Gasteiger partial charge in [0.25, 0.3) is 0 Å². The van der Waals surface area contributed by atoms with Gasteiger partial charge in [-0.3, -0.25) is 0 Å². The molecule has 6 heteroatoms. The van der Waals surface area contributed by atoms with Gasteiger partial charge in [0, 0.05) is 6.04 Å². The van der Waals surface area contributed by atoms with Gasteiger partial charge in [0.2, 0.25) is 0 Å². The summed E-state index contributed by atoms with van der Waals surface area (Å²) in [5, 5.41) is 9.16. The smallest absolute Gasteiger partial charge is 0.346 e. The molecule has 0 radical (unpaired) electrons. The Balaban J connectivity index is 2.44. The van der Waals surface area contributed by atoms with Crippen molar-refractivity contribution in [2.24, 2.45) is 10.7 Å². The van der Waals surface area contributed by atoms with E-state index in [0.717, 1.165) is 6.07 Å². The lowest BCUT2D eigenvalue weighted by Gasteiger charge is -2.28. The van der Waals surface area contributed by atoms with Crippen molar-refractivity contribution in [3.8, 4) is 5.75 Å². The third-order valence-electron chi connectivity index (χ3n) is 2.85. The van der Waals surface area contributed by atoms with Gasteiger partial charge in [0.15, 0.2) is 11.6 Å². The quantitative estimate of drug-likeness (QED) is 0.840. The maximum absolute atomic E-state index is 13.4. The third kappa shape index (κ3) is 1.90. The first-order valence-electron chi connectivity index (χ1n) is 5.56. The van der Waals surface area contributed by atoms with E-state index < -0.39 is 23.6 Å². The van der Waals surface area contributed by atoms with Crippen molar-refractivity contribution in [1.29, 1.82) is 0 Å². The molecule has 0 fully saturated rings. The van der Waals surface area contributed by atoms with Crippen LogP contribution in [0.4, 0.5) is 9.18 Å². The molecule has 0 saturated heterocycles. The number of amides is 2. The monoisotopic (exact) mass is 251 g/mol. The topological polar surface area (TPSA) is 78.9 Å². The van der Waals surface area contributed by atoms with E-state index in [1.807, 2.05) is 13.8 Å². The minimum absolute atomic E-state index is 0.107. The number of urea groups is 1. The van der Waals surface area contributed by atoms with Gasteiger partial charge < -0.3 is 15.7 Å². The summed E-state index contributed by atoms with van der Waals surface area (Å²) in [5.41, 5.74) is 6.21. The number of aromatic hydroxyl groups is 1. The summed E-state index contributed by atoms with van der Waals surface area (Å²) in [4.78, 5) is 16.8. The highest BCUT2D eigenvalue weighted by Gasteiger charge is 2.36. The summed E-state index contributed by atoms with van der Waals surface area (Å²) in [6.45, 7) is 3.66. The van der Waals surface area contributed by atoms with E-state index in [-0.39, 0.29) is 11.9 Å². The second-order valence-electron chi connectivity index (χ2n) is 4.43. The van der Waals surface area contributed by atoms with E-state index >= 15 is 0 Å². The molecule has 1 aromatic carbocycles. The van der Waals surface area contributed by atoms with Gasteiger partial charge >= 0.3 is 6.03 Å². The van der Waals surface area contributed by atoms with Crippen LogP contribution in [-0.4, -0.2) is 27.9 Å². The Kier molecular flexibility index (Phi) is 2.94. The Bertz CT molecular complexity index is 528. The predicted octanol–water partition coefficient (Wildman–Crippen LogP) is 1.77. The molecule has 1 unspecified atom stereocenters. The molecule has 2 rings (SSSR count). The SMILES string of the molecule is CC(C)N1C(=O)N=C(N)C1c1ccc(O)c(F)c1. The summed E-state index contributed by atoms with van der Waals surface area (Å²) >= 11 is 0. The van der Waals surface area contributed by atoms with E-state index in [1.165, 1.54) is 17.0 Å². The standard InChI is InChI=1S/C12H14FN3O2/c1-6(2)16-10(11(14)15-12(16)18)7-3-4-9(17)8(13)5-7/h3-6,10,17H,1-2H3,(H2,14,15,18). The number of hydrogen-bond acceptors (Lipinski definition) is 3. The van der Waals surface area contributed by atoms with E-state index in [9.17, 15) is 9.18 Å². The van der Waals surface area contributed by atoms with Crippen molar-refractivity contribution < 1.29 is 14.3 Å². The molecule has 0 spiro atoms.